The highest BCUT2D eigenvalue weighted by molar-refractivity contribution is 5.75. The third-order valence-corrected chi connectivity index (χ3v) is 6.34. The van der Waals surface area contributed by atoms with E-state index in [0.29, 0.717) is 12.1 Å². The Labute approximate surface area is 206 Å². The van der Waals surface area contributed by atoms with Crippen LogP contribution in [0.3, 0.4) is 0 Å². The van der Waals surface area contributed by atoms with Crippen LogP contribution in [0.15, 0.2) is 72.8 Å². The molecule has 3 aromatic carbocycles. The Balaban J connectivity index is 1.17. The molecule has 2 N–H and O–H groups in total. The molecule has 0 aliphatic carbocycles. The molecule has 6 nitrogen and oxygen atoms in total. The largest absolute Gasteiger partial charge is 0.495 e. The van der Waals surface area contributed by atoms with Crippen LogP contribution in [0.1, 0.15) is 12.0 Å². The van der Waals surface area contributed by atoms with Crippen LogP contribution in [0.2, 0.25) is 0 Å². The summed E-state index contributed by atoms with van der Waals surface area (Å²) in [5.74, 6) is 0.618. The summed E-state index contributed by atoms with van der Waals surface area (Å²) < 4.78 is 20.0. The summed E-state index contributed by atoms with van der Waals surface area (Å²) in [6.45, 7) is 5.64. The predicted molar refractivity (Wildman–Crippen MR) is 138 cm³/mol. The van der Waals surface area contributed by atoms with Gasteiger partial charge in [0.05, 0.1) is 12.8 Å². The van der Waals surface area contributed by atoms with Gasteiger partial charge in [-0.05, 0) is 42.3 Å². The van der Waals surface area contributed by atoms with Gasteiger partial charge in [0.2, 0.25) is 0 Å². The van der Waals surface area contributed by atoms with Crippen molar-refractivity contribution < 1.29 is 13.9 Å². The molecule has 0 aromatic heterocycles. The number of methoxy groups -OCH3 is 1. The van der Waals surface area contributed by atoms with Gasteiger partial charge in [-0.25, -0.2) is 9.18 Å². The maximum Gasteiger partial charge on any atom is 0.315 e. The zero-order chi connectivity index (χ0) is 24.5. The number of ether oxygens (including phenoxy) is 1. The topological polar surface area (TPSA) is 56.8 Å². The van der Waals surface area contributed by atoms with E-state index in [-0.39, 0.29) is 18.4 Å². The second kappa shape index (κ2) is 12.2. The molecule has 1 saturated heterocycles. The fraction of sp³-hybridized carbons (Fsp3) is 0.321. The maximum absolute atomic E-state index is 14.5. The van der Waals surface area contributed by atoms with Crippen LogP contribution in [0, 0.1) is 5.82 Å². The minimum absolute atomic E-state index is 0.241. The van der Waals surface area contributed by atoms with Gasteiger partial charge in [0.25, 0.3) is 0 Å². The molecule has 0 spiro atoms. The van der Waals surface area contributed by atoms with Gasteiger partial charge in [-0.15, -0.1) is 0 Å². The summed E-state index contributed by atoms with van der Waals surface area (Å²) in [7, 11) is 1.71. The lowest BCUT2D eigenvalue weighted by Gasteiger charge is -2.36. The van der Waals surface area contributed by atoms with E-state index in [4.69, 9.17) is 4.74 Å². The van der Waals surface area contributed by atoms with Crippen molar-refractivity contribution in [2.24, 2.45) is 0 Å². The number of urea groups is 1. The second-order valence-electron chi connectivity index (χ2n) is 8.60. The molecule has 1 fully saturated rings. The molecular weight excluding hydrogens is 443 g/mol. The fourth-order valence-corrected chi connectivity index (χ4v) is 4.49. The fourth-order valence-electron chi connectivity index (χ4n) is 4.49. The molecule has 0 unspecified atom stereocenters. The van der Waals surface area contributed by atoms with Crippen LogP contribution in [-0.2, 0) is 6.54 Å². The first-order chi connectivity index (χ1) is 17.2. The quantitative estimate of drug-likeness (QED) is 0.446. The van der Waals surface area contributed by atoms with Crippen molar-refractivity contribution in [2.45, 2.75) is 13.0 Å². The molecule has 7 heteroatoms. The van der Waals surface area contributed by atoms with Gasteiger partial charge >= 0.3 is 6.03 Å². The average molecular weight is 477 g/mol. The smallest absolute Gasteiger partial charge is 0.315 e. The summed E-state index contributed by atoms with van der Waals surface area (Å²) in [5.41, 5.74) is 3.22. The van der Waals surface area contributed by atoms with E-state index in [1.165, 1.54) is 6.07 Å². The molecule has 0 bridgehead atoms. The Morgan fingerprint density at radius 1 is 0.914 bits per heavy atom. The lowest BCUT2D eigenvalue weighted by atomic mass is 9.99. The standard InChI is InChI=1S/C28H33FN4O2/c1-35-26-14-6-5-13-25(26)33-19-17-32(18-20-33)16-8-15-30-28(34)31-21-23-11-7-12-24(29)27(23)22-9-3-2-4-10-22/h2-7,9-14H,8,15-21H2,1H3,(H2,30,31,34). The molecule has 1 heterocycles. The minimum atomic E-state index is -0.290. The summed E-state index contributed by atoms with van der Waals surface area (Å²) in [4.78, 5) is 17.1. The van der Waals surface area contributed by atoms with Crippen LogP contribution in [0.4, 0.5) is 14.9 Å². The van der Waals surface area contributed by atoms with Gasteiger partial charge in [-0.1, -0.05) is 54.6 Å². The van der Waals surface area contributed by atoms with Crippen molar-refractivity contribution >= 4 is 11.7 Å². The van der Waals surface area contributed by atoms with Crippen LogP contribution in [0.5, 0.6) is 5.75 Å². The Morgan fingerprint density at radius 3 is 2.43 bits per heavy atom. The van der Waals surface area contributed by atoms with E-state index in [0.717, 1.165) is 61.7 Å². The highest BCUT2D eigenvalue weighted by Gasteiger charge is 2.19. The van der Waals surface area contributed by atoms with E-state index in [2.05, 4.69) is 26.5 Å². The lowest BCUT2D eigenvalue weighted by Crippen LogP contribution is -2.47. The number of carbonyl (C=O) groups is 1. The normalized spacial score (nSPS) is 13.9. The summed E-state index contributed by atoms with van der Waals surface area (Å²) in [6, 6.07) is 22.2. The van der Waals surface area contributed by atoms with E-state index in [1.54, 1.807) is 13.2 Å². The molecule has 2 amide bonds. The number of amides is 2. The number of piperazine rings is 1. The molecule has 0 atom stereocenters. The third-order valence-electron chi connectivity index (χ3n) is 6.34. The molecule has 3 aromatic rings. The van der Waals surface area contributed by atoms with Crippen molar-refractivity contribution in [1.82, 2.24) is 15.5 Å². The summed E-state index contributed by atoms with van der Waals surface area (Å²) >= 11 is 0. The zero-order valence-electron chi connectivity index (χ0n) is 20.2. The molecule has 4 rings (SSSR count). The molecule has 1 aliphatic heterocycles. The predicted octanol–water partition coefficient (Wildman–Crippen LogP) is 4.51. The number of halogens is 1. The number of hydrogen-bond acceptors (Lipinski definition) is 4. The van der Waals surface area contributed by atoms with Gasteiger partial charge in [0, 0.05) is 44.8 Å². The Kier molecular flexibility index (Phi) is 8.57. The molecule has 1 aliphatic rings. The summed E-state index contributed by atoms with van der Waals surface area (Å²) in [6.07, 6.45) is 0.872. The van der Waals surface area contributed by atoms with Gasteiger partial charge in [-0.2, -0.15) is 0 Å². The summed E-state index contributed by atoms with van der Waals surface area (Å²) in [5, 5.41) is 5.78. The molecule has 0 radical (unpaired) electrons. The SMILES string of the molecule is COc1ccccc1N1CCN(CCCNC(=O)NCc2cccc(F)c2-c2ccccc2)CC1. The lowest BCUT2D eigenvalue weighted by molar-refractivity contribution is 0.235. The third kappa shape index (κ3) is 6.51. The number of benzene rings is 3. The van der Waals surface area contributed by atoms with Crippen LogP contribution in [-0.4, -0.2) is 57.3 Å². The minimum Gasteiger partial charge on any atom is -0.495 e. The molecule has 0 saturated carbocycles. The van der Waals surface area contributed by atoms with Crippen molar-refractivity contribution in [3.63, 3.8) is 0 Å². The average Bonchev–Trinajstić information content (AvgIpc) is 2.91. The van der Waals surface area contributed by atoms with E-state index in [9.17, 15) is 9.18 Å². The molecule has 35 heavy (non-hydrogen) atoms. The molecular formula is C28H33FN4O2. The van der Waals surface area contributed by atoms with Crippen LogP contribution < -0.4 is 20.3 Å². The number of nitrogens with zero attached hydrogens (tertiary/aromatic N) is 2. The first kappa shape index (κ1) is 24.5. The number of nitrogens with one attached hydrogen (secondary N) is 2. The number of rotatable bonds is 9. The first-order valence-electron chi connectivity index (χ1n) is 12.1. The van der Waals surface area contributed by atoms with Gasteiger partial charge in [0.1, 0.15) is 11.6 Å². The number of hydrogen-bond donors (Lipinski definition) is 2. The Bertz CT molecular complexity index is 1100. The highest BCUT2D eigenvalue weighted by Crippen LogP contribution is 2.28. The second-order valence-corrected chi connectivity index (χ2v) is 8.60. The van der Waals surface area contributed by atoms with Crippen molar-refractivity contribution in [2.75, 3.05) is 51.3 Å². The van der Waals surface area contributed by atoms with Gasteiger partial charge < -0.3 is 20.3 Å². The van der Waals surface area contributed by atoms with E-state index < -0.39 is 0 Å². The zero-order valence-corrected chi connectivity index (χ0v) is 20.2. The maximum atomic E-state index is 14.5. The van der Waals surface area contributed by atoms with Crippen LogP contribution >= 0.6 is 0 Å². The number of para-hydroxylation sites is 2. The van der Waals surface area contributed by atoms with Gasteiger partial charge in [0.15, 0.2) is 0 Å². The van der Waals surface area contributed by atoms with Crippen LogP contribution in [0.25, 0.3) is 11.1 Å². The Morgan fingerprint density at radius 2 is 1.66 bits per heavy atom. The van der Waals surface area contributed by atoms with Crippen molar-refractivity contribution in [1.29, 1.82) is 0 Å². The van der Waals surface area contributed by atoms with Crippen molar-refractivity contribution in [3.05, 3.63) is 84.2 Å². The first-order valence-corrected chi connectivity index (χ1v) is 12.1. The Hall–Kier alpha value is -3.58. The van der Waals surface area contributed by atoms with Crippen molar-refractivity contribution in [3.8, 4) is 16.9 Å². The van der Waals surface area contributed by atoms with E-state index >= 15 is 0 Å². The van der Waals surface area contributed by atoms with E-state index in [1.807, 2.05) is 54.6 Å². The monoisotopic (exact) mass is 476 g/mol. The molecule has 184 valence electrons. The highest BCUT2D eigenvalue weighted by atomic mass is 19.1. The number of anilines is 1. The van der Waals surface area contributed by atoms with Gasteiger partial charge in [-0.3, -0.25) is 4.90 Å². The number of carbonyl (C=O) groups excluding carboxylic acids is 1.